The van der Waals surface area contributed by atoms with Gasteiger partial charge in [-0.1, -0.05) is 23.7 Å². The van der Waals surface area contributed by atoms with Crippen LogP contribution in [0.5, 0.6) is 0 Å². The third-order valence-electron chi connectivity index (χ3n) is 4.45. The molecule has 23 heavy (non-hydrogen) atoms. The van der Waals surface area contributed by atoms with E-state index in [0.29, 0.717) is 32.6 Å². The van der Waals surface area contributed by atoms with Crippen LogP contribution in [0.1, 0.15) is 6.42 Å². The van der Waals surface area contributed by atoms with Crippen LogP contribution in [-0.2, 0) is 19.9 Å². The average molecular weight is 379 g/mol. The Hall–Kier alpha value is -0.670. The van der Waals surface area contributed by atoms with Crippen molar-refractivity contribution >= 4 is 31.5 Å². The molecular formula is C14H19ClN2O4S2. The van der Waals surface area contributed by atoms with E-state index in [0.717, 1.165) is 0 Å². The highest BCUT2D eigenvalue weighted by Gasteiger charge is 2.36. The summed E-state index contributed by atoms with van der Waals surface area (Å²) in [7, 11) is -6.53. The van der Waals surface area contributed by atoms with Gasteiger partial charge in [-0.05, 0) is 18.6 Å². The second-order valence-corrected chi connectivity index (χ2v) is 10.5. The van der Waals surface area contributed by atoms with E-state index in [4.69, 9.17) is 11.6 Å². The zero-order valence-corrected chi connectivity index (χ0v) is 14.9. The zero-order chi connectivity index (χ0) is 16.7. The molecular weight excluding hydrogens is 360 g/mol. The lowest BCUT2D eigenvalue weighted by molar-refractivity contribution is 0.148. The van der Waals surface area contributed by atoms with Crippen LogP contribution in [0.3, 0.4) is 0 Å². The van der Waals surface area contributed by atoms with Gasteiger partial charge < -0.3 is 0 Å². The summed E-state index contributed by atoms with van der Waals surface area (Å²) in [5.74, 6) is 0.417. The summed E-state index contributed by atoms with van der Waals surface area (Å²) in [6, 6.07) is 6.44. The van der Waals surface area contributed by atoms with Crippen LogP contribution in [0.4, 0.5) is 0 Å². The minimum absolute atomic E-state index is 0.0187. The lowest BCUT2D eigenvalue weighted by atomic mass is 10.2. The number of benzene rings is 1. The molecule has 6 nitrogen and oxygen atoms in total. The van der Waals surface area contributed by atoms with Gasteiger partial charge in [-0.2, -0.15) is 4.31 Å². The van der Waals surface area contributed by atoms with Crippen LogP contribution in [0.2, 0.25) is 5.02 Å². The van der Waals surface area contributed by atoms with Gasteiger partial charge in [0, 0.05) is 32.2 Å². The van der Waals surface area contributed by atoms with Crippen molar-refractivity contribution < 1.29 is 16.8 Å². The quantitative estimate of drug-likeness (QED) is 0.778. The number of hydrogen-bond acceptors (Lipinski definition) is 5. The second-order valence-electron chi connectivity index (χ2n) is 5.93. The number of nitrogens with zero attached hydrogens (tertiary/aromatic N) is 2. The van der Waals surface area contributed by atoms with Crippen LogP contribution in [0, 0.1) is 0 Å². The van der Waals surface area contributed by atoms with Crippen molar-refractivity contribution in [3.63, 3.8) is 0 Å². The number of halogens is 1. The van der Waals surface area contributed by atoms with Crippen molar-refractivity contribution in [2.24, 2.45) is 0 Å². The number of hydrogen-bond donors (Lipinski definition) is 0. The van der Waals surface area contributed by atoms with E-state index >= 15 is 0 Å². The molecule has 0 unspecified atom stereocenters. The molecule has 0 amide bonds. The first-order valence-corrected chi connectivity index (χ1v) is 11.1. The number of piperazine rings is 1. The molecule has 0 aliphatic carbocycles. The highest BCUT2D eigenvalue weighted by molar-refractivity contribution is 7.91. The first-order valence-electron chi connectivity index (χ1n) is 7.49. The second kappa shape index (κ2) is 6.33. The molecule has 128 valence electrons. The van der Waals surface area contributed by atoms with Crippen molar-refractivity contribution in [1.29, 1.82) is 0 Å². The first kappa shape index (κ1) is 17.2. The minimum atomic E-state index is -3.61. The molecule has 1 aromatic carbocycles. The Morgan fingerprint density at radius 2 is 1.74 bits per heavy atom. The Kier molecular flexibility index (Phi) is 4.72. The van der Waals surface area contributed by atoms with Gasteiger partial charge in [-0.15, -0.1) is 0 Å². The molecule has 3 rings (SSSR count). The number of sulfonamides is 1. The molecule has 0 bridgehead atoms. The van der Waals surface area contributed by atoms with Gasteiger partial charge in [0.05, 0.1) is 16.5 Å². The maximum Gasteiger partial charge on any atom is 0.244 e. The highest BCUT2D eigenvalue weighted by Crippen LogP contribution is 2.26. The Balaban J connectivity index is 1.68. The van der Waals surface area contributed by atoms with E-state index in [-0.39, 0.29) is 27.5 Å². The van der Waals surface area contributed by atoms with Gasteiger partial charge in [-0.25, -0.2) is 16.8 Å². The van der Waals surface area contributed by atoms with E-state index in [1.807, 2.05) is 0 Å². The standard InChI is InChI=1S/C14H19ClN2O4S2/c15-13-3-1-2-4-14(13)23(20,21)17-8-6-16(7-9-17)12-5-10-22(18,19)11-12/h1-4,12H,5-11H2/t12-/m1/s1. The van der Waals surface area contributed by atoms with Gasteiger partial charge in [0.2, 0.25) is 10.0 Å². The molecule has 1 aromatic rings. The third-order valence-corrected chi connectivity index (χ3v) is 8.60. The summed E-state index contributed by atoms with van der Waals surface area (Å²) in [4.78, 5) is 2.21. The molecule has 9 heteroatoms. The van der Waals surface area contributed by atoms with Crippen molar-refractivity contribution in [3.05, 3.63) is 29.3 Å². The summed E-state index contributed by atoms with van der Waals surface area (Å²) in [6.45, 7) is 1.79. The molecule has 1 atom stereocenters. The largest absolute Gasteiger partial charge is 0.297 e. The van der Waals surface area contributed by atoms with Gasteiger partial charge in [0.1, 0.15) is 4.90 Å². The molecule has 2 aliphatic heterocycles. The summed E-state index contributed by atoms with van der Waals surface area (Å²) < 4.78 is 49.9. The van der Waals surface area contributed by atoms with Crippen LogP contribution in [-0.4, -0.2) is 69.8 Å². The summed E-state index contributed by atoms with van der Waals surface area (Å²) in [5.41, 5.74) is 0. The molecule has 2 heterocycles. The van der Waals surface area contributed by atoms with Gasteiger partial charge >= 0.3 is 0 Å². The van der Waals surface area contributed by atoms with Gasteiger partial charge in [-0.3, -0.25) is 4.90 Å². The zero-order valence-electron chi connectivity index (χ0n) is 12.6. The summed E-state index contributed by atoms with van der Waals surface area (Å²) in [6.07, 6.45) is 0.638. The molecule has 2 aliphatic rings. The average Bonchev–Trinajstić information content (AvgIpc) is 2.88. The molecule has 0 spiro atoms. The SMILES string of the molecule is O=S1(=O)CC[C@@H](N2CCN(S(=O)(=O)c3ccccc3Cl)CC2)C1. The molecule has 0 radical (unpaired) electrons. The van der Waals surface area contributed by atoms with Crippen molar-refractivity contribution in [2.45, 2.75) is 17.4 Å². The maximum absolute atomic E-state index is 12.7. The normalized spacial score (nSPS) is 26.4. The summed E-state index contributed by atoms with van der Waals surface area (Å²) in [5, 5.41) is 0.219. The van der Waals surface area contributed by atoms with Gasteiger partial charge in [0.25, 0.3) is 0 Å². The molecule has 0 saturated carbocycles. The fourth-order valence-corrected chi connectivity index (χ4v) is 6.84. The monoisotopic (exact) mass is 378 g/mol. The van der Waals surface area contributed by atoms with E-state index in [9.17, 15) is 16.8 Å². The van der Waals surface area contributed by atoms with Crippen molar-refractivity contribution in [1.82, 2.24) is 9.21 Å². The van der Waals surface area contributed by atoms with Crippen molar-refractivity contribution in [2.75, 3.05) is 37.7 Å². The molecule has 0 N–H and O–H groups in total. The predicted octanol–water partition coefficient (Wildman–Crippen LogP) is 0.833. The topological polar surface area (TPSA) is 74.8 Å². The Morgan fingerprint density at radius 1 is 1.09 bits per heavy atom. The number of rotatable bonds is 3. The molecule has 2 saturated heterocycles. The van der Waals surface area contributed by atoms with Crippen LogP contribution in [0.15, 0.2) is 29.2 Å². The van der Waals surface area contributed by atoms with E-state index in [2.05, 4.69) is 4.90 Å². The van der Waals surface area contributed by atoms with Crippen molar-refractivity contribution in [3.8, 4) is 0 Å². The van der Waals surface area contributed by atoms with Crippen LogP contribution < -0.4 is 0 Å². The predicted molar refractivity (Wildman–Crippen MR) is 88.8 cm³/mol. The Labute approximate surface area is 142 Å². The first-order chi connectivity index (χ1) is 10.8. The highest BCUT2D eigenvalue weighted by atomic mass is 35.5. The van der Waals surface area contributed by atoms with Crippen LogP contribution in [0.25, 0.3) is 0 Å². The third kappa shape index (κ3) is 3.56. The molecule has 2 fully saturated rings. The Morgan fingerprint density at radius 3 is 2.30 bits per heavy atom. The maximum atomic E-state index is 12.7. The van der Waals surface area contributed by atoms with E-state index in [1.54, 1.807) is 18.2 Å². The number of sulfone groups is 1. The van der Waals surface area contributed by atoms with Gasteiger partial charge in [0.15, 0.2) is 9.84 Å². The van der Waals surface area contributed by atoms with E-state index in [1.165, 1.54) is 10.4 Å². The smallest absolute Gasteiger partial charge is 0.244 e. The lowest BCUT2D eigenvalue weighted by Gasteiger charge is -2.37. The van der Waals surface area contributed by atoms with E-state index < -0.39 is 19.9 Å². The lowest BCUT2D eigenvalue weighted by Crippen LogP contribution is -2.52. The molecule has 0 aromatic heterocycles. The van der Waals surface area contributed by atoms with Crippen LogP contribution >= 0.6 is 11.6 Å². The fraction of sp³-hybridized carbons (Fsp3) is 0.571. The fourth-order valence-electron chi connectivity index (χ4n) is 3.17. The Bertz CT molecular complexity index is 787. The minimum Gasteiger partial charge on any atom is -0.297 e. The summed E-state index contributed by atoms with van der Waals surface area (Å²) >= 11 is 6.01.